The van der Waals surface area contributed by atoms with E-state index in [1.165, 1.54) is 215 Å². The van der Waals surface area contributed by atoms with Crippen molar-refractivity contribution in [2.24, 2.45) is 35.2 Å². The standard InChI is InChI=1S/C29H30N3.C28H28N3.C27H26N3.C26H26N3.C24H28N3/c1-20-12-6-7-15-24(20)25-18-11-19-28(30(25)5)31-23(4)32(27-17-9-8-16-26(27)31)29-21(2)13-10-14-22(29)3;1-20-16-18-23(19-17-20)30-22(3)31(27-13-8-7-12-26(27)30)28-15-9-14-25(29(28)4)24-11-6-5-10-21(24)2;1-20-12-7-8-15-23(20)24-18-11-19-27(28(24)3)30-21(2)29(22-13-5-4-6-14-22)25-16-9-10-17-26(25)30;1-18-16-20-10-5-6-11-21(20)17-22(18)23-14-9-15-26(28(23)4)29-19(2)27(3)24-12-7-8-13-25(24)29;1-17(2)26-19(4)27(23-14-9-8-13-22(23)26)24-16-10-15-21(25(24)5)20-12-7-6-11-18(20)3/h6-19,23H,1-5H3;5-19,22H,1-4H3;4-19,21H,1-3H3;5-17,19H,1-4H3;6-17,19H,1-5H3/q5*+1/t23-;22-;21-;2*19-/m10000/s1. The predicted octanol–water partition coefficient (Wildman–Crippen LogP) is 30.1. The lowest BCUT2D eigenvalue weighted by atomic mass is 9.99. The summed E-state index contributed by atoms with van der Waals surface area (Å²) in [6.45, 7) is 33.4. The van der Waals surface area contributed by atoms with Crippen molar-refractivity contribution >= 4 is 114 Å². The quantitative estimate of drug-likeness (QED) is 0.0984. The van der Waals surface area contributed by atoms with Gasteiger partial charge in [0.05, 0.1) is 69.4 Å². The van der Waals surface area contributed by atoms with Crippen LogP contribution in [0.5, 0.6) is 0 Å². The topological polar surface area (TPSA) is 51.8 Å². The summed E-state index contributed by atoms with van der Waals surface area (Å²) in [5.41, 5.74) is 39.0. The van der Waals surface area contributed by atoms with Gasteiger partial charge in [0.2, 0.25) is 0 Å². The normalized spacial score (nSPS) is 15.5. The van der Waals surface area contributed by atoms with E-state index in [-0.39, 0.29) is 30.8 Å². The van der Waals surface area contributed by atoms with Crippen molar-refractivity contribution in [2.45, 2.75) is 141 Å². The van der Waals surface area contributed by atoms with Gasteiger partial charge < -0.3 is 9.80 Å². The minimum atomic E-state index is 0.144. The van der Waals surface area contributed by atoms with Gasteiger partial charge in [0, 0.05) is 82.6 Å². The zero-order valence-corrected chi connectivity index (χ0v) is 90.0. The number of para-hydroxylation sites is 12. The second-order valence-corrected chi connectivity index (χ2v) is 40.5. The van der Waals surface area contributed by atoms with Gasteiger partial charge in [-0.1, -0.05) is 242 Å². The van der Waals surface area contributed by atoms with Crippen LogP contribution in [0.4, 0.5) is 103 Å². The molecule has 0 bridgehead atoms. The highest BCUT2D eigenvalue weighted by molar-refractivity contribution is 5.93. The number of rotatable bonds is 14. The monoisotopic (exact) mass is 1960 g/mol. The number of pyridine rings is 5. The molecule has 0 amide bonds. The first-order valence-electron chi connectivity index (χ1n) is 52.5. The largest absolute Gasteiger partial charge is 0.333 e. The molecule has 149 heavy (non-hydrogen) atoms. The Kier molecular flexibility index (Phi) is 28.2. The van der Waals surface area contributed by atoms with Gasteiger partial charge in [0.15, 0.2) is 59.3 Å². The molecule has 10 heterocycles. The van der Waals surface area contributed by atoms with Gasteiger partial charge in [-0.15, -0.1) is 0 Å². The Bertz CT molecular complexity index is 8130. The van der Waals surface area contributed by atoms with Gasteiger partial charge in [-0.2, -0.15) is 0 Å². The molecule has 0 N–H and O–H groups in total. The Morgan fingerprint density at radius 2 is 0.456 bits per heavy atom. The molecule has 0 spiro atoms. The smallest absolute Gasteiger partial charge is 0.283 e. The molecule has 15 nitrogen and oxygen atoms in total. The summed E-state index contributed by atoms with van der Waals surface area (Å²) < 4.78 is 11.6. The van der Waals surface area contributed by atoms with Crippen LogP contribution in [0.3, 0.4) is 0 Å². The van der Waals surface area contributed by atoms with Crippen LogP contribution in [0.25, 0.3) is 67.1 Å². The third-order valence-electron chi connectivity index (χ3n) is 31.0. The summed E-state index contributed by atoms with van der Waals surface area (Å²) in [6, 6.07) is 150. The summed E-state index contributed by atoms with van der Waals surface area (Å²) in [5, 5.41) is 2.56. The van der Waals surface area contributed by atoms with Crippen molar-refractivity contribution in [2.75, 3.05) is 56.0 Å². The maximum absolute atomic E-state index is 2.50. The SMILES string of the molecule is Cc1cc2ccccc2cc1-c1cccc(N2c3ccccc3N(C)[C@@H]2C)[n+]1C.Cc1ccc(N2c3ccccc3N(c3cccc(-c4ccccc4C)[n+]3C)[C@H]2C)cc1.Cc1ccccc1-c1cccc(N2c3ccccc3N(C(C)C)[C@@H]2C)[n+]1C.Cc1ccccc1-c1cccc(N2c3ccccc3N(c3c(C)cccc3C)[C@@H]2C)[n+]1C.Cc1ccccc1-c1cccc(N2c3ccccc3N(c3ccccc3)[C@@H]2C)[n+]1C. The molecule has 5 atom stereocenters. The first kappa shape index (κ1) is 99.4. The summed E-state index contributed by atoms with van der Waals surface area (Å²) in [6.07, 6.45) is 0.972. The number of benzene rings is 14. The highest BCUT2D eigenvalue weighted by Gasteiger charge is 2.48. The van der Waals surface area contributed by atoms with Crippen molar-refractivity contribution < 1.29 is 22.8 Å². The number of hydrogen-bond donors (Lipinski definition) is 0. The number of fused-ring (bicyclic) bond motifs is 6. The lowest BCUT2D eigenvalue weighted by Gasteiger charge is -2.29. The van der Waals surface area contributed by atoms with Gasteiger partial charge in [-0.05, 0) is 305 Å². The van der Waals surface area contributed by atoms with E-state index in [2.05, 4.69) is 637 Å². The molecule has 0 saturated heterocycles. The van der Waals surface area contributed by atoms with E-state index in [1.807, 2.05) is 0 Å². The minimum absolute atomic E-state index is 0.144. The maximum atomic E-state index is 2.50. The number of aryl methyl sites for hydroxylation is 8. The average molecular weight is 1960 g/mol. The third kappa shape index (κ3) is 18.6. The van der Waals surface area contributed by atoms with E-state index in [0.29, 0.717) is 6.04 Å². The van der Waals surface area contributed by atoms with Crippen LogP contribution < -0.4 is 71.8 Å². The maximum Gasteiger partial charge on any atom is 0.283 e. The van der Waals surface area contributed by atoms with Crippen molar-refractivity contribution in [1.29, 1.82) is 0 Å². The molecule has 19 aromatic rings. The van der Waals surface area contributed by atoms with Crippen LogP contribution >= 0.6 is 0 Å². The minimum Gasteiger partial charge on any atom is -0.333 e. The fraction of sp³-hybridized carbons (Fsp3) is 0.201. The van der Waals surface area contributed by atoms with Crippen LogP contribution in [0, 0.1) is 55.4 Å². The Morgan fingerprint density at radius 3 is 0.819 bits per heavy atom. The summed E-state index contributed by atoms with van der Waals surface area (Å²) in [7, 11) is 13.0. The van der Waals surface area contributed by atoms with E-state index < -0.39 is 0 Å². The molecule has 744 valence electrons. The molecule has 5 aliphatic heterocycles. The Morgan fingerprint density at radius 1 is 0.201 bits per heavy atom. The fourth-order valence-electron chi connectivity index (χ4n) is 23.4. The van der Waals surface area contributed by atoms with Crippen LogP contribution in [0.15, 0.2) is 419 Å². The summed E-state index contributed by atoms with van der Waals surface area (Å²) in [4.78, 5) is 24.4. The number of aromatic nitrogens is 5. The molecule has 0 saturated carbocycles. The Labute approximate surface area is 882 Å². The summed E-state index contributed by atoms with van der Waals surface area (Å²) >= 11 is 0. The van der Waals surface area contributed by atoms with Gasteiger partial charge >= 0.3 is 0 Å². The second-order valence-electron chi connectivity index (χ2n) is 40.5. The van der Waals surface area contributed by atoms with Gasteiger partial charge in [0.25, 0.3) is 29.1 Å². The Hall–Kier alpha value is -16.9. The van der Waals surface area contributed by atoms with E-state index in [0.717, 1.165) is 0 Å². The first-order valence-corrected chi connectivity index (χ1v) is 52.5. The molecular weight excluding hydrogens is 1820 g/mol. The van der Waals surface area contributed by atoms with E-state index in [9.17, 15) is 0 Å². The molecule has 14 aromatic carbocycles. The van der Waals surface area contributed by atoms with Gasteiger partial charge in [-0.3, -0.25) is 14.7 Å². The first-order chi connectivity index (χ1) is 72.3. The molecule has 0 aliphatic carbocycles. The van der Waals surface area contributed by atoms with Crippen molar-refractivity contribution in [3.05, 3.63) is 463 Å². The third-order valence-corrected chi connectivity index (χ3v) is 31.0. The van der Waals surface area contributed by atoms with Crippen molar-refractivity contribution in [1.82, 2.24) is 0 Å². The molecule has 5 aliphatic rings. The van der Waals surface area contributed by atoms with E-state index in [1.54, 1.807) is 0 Å². The highest BCUT2D eigenvalue weighted by atomic mass is 15.5. The van der Waals surface area contributed by atoms with Crippen LogP contribution in [-0.2, 0) is 35.2 Å². The molecule has 24 rings (SSSR count). The van der Waals surface area contributed by atoms with Crippen LogP contribution in [0.1, 0.15) is 93.0 Å². The van der Waals surface area contributed by atoms with Gasteiger partial charge in [0.1, 0.15) is 28.5 Å². The second kappa shape index (κ2) is 42.3. The number of nitrogens with zero attached hydrogens (tertiary/aromatic N) is 15. The molecule has 0 fully saturated rings. The predicted molar refractivity (Wildman–Crippen MR) is 623 cm³/mol. The van der Waals surface area contributed by atoms with Crippen LogP contribution in [-0.4, -0.2) is 43.9 Å². The lowest BCUT2D eigenvalue weighted by Crippen LogP contribution is -2.47. The van der Waals surface area contributed by atoms with Crippen molar-refractivity contribution in [3.63, 3.8) is 0 Å². The lowest BCUT2D eigenvalue weighted by molar-refractivity contribution is -0.647. The number of hydrogen-bond acceptors (Lipinski definition) is 10. The average Bonchev–Trinajstić information content (AvgIpc) is 1.44. The van der Waals surface area contributed by atoms with Crippen molar-refractivity contribution in [3.8, 4) is 56.3 Å². The summed E-state index contributed by atoms with van der Waals surface area (Å²) in [5.74, 6) is 5.93. The zero-order valence-electron chi connectivity index (χ0n) is 90.0. The molecule has 0 unspecified atom stereocenters. The molecular formula is C134H138N15+5. The van der Waals surface area contributed by atoms with Gasteiger partial charge in [-0.25, -0.2) is 47.3 Å². The molecule has 0 radical (unpaired) electrons. The highest BCUT2D eigenvalue weighted by Crippen LogP contribution is 2.53. The van der Waals surface area contributed by atoms with E-state index >= 15 is 0 Å². The zero-order chi connectivity index (χ0) is 104. The van der Waals surface area contributed by atoms with Crippen LogP contribution in [0.2, 0.25) is 0 Å². The molecule has 5 aromatic heterocycles. The number of anilines is 18. The molecule has 15 heteroatoms. The fourth-order valence-corrected chi connectivity index (χ4v) is 23.4. The van der Waals surface area contributed by atoms with E-state index in [4.69, 9.17) is 0 Å². The Balaban J connectivity index is 0.000000113.